The molecular weight excluding hydrogens is 292 g/mol. The Morgan fingerprint density at radius 1 is 1.22 bits per heavy atom. The Balaban J connectivity index is 2.03. The summed E-state index contributed by atoms with van der Waals surface area (Å²) < 4.78 is 0.980. The van der Waals surface area contributed by atoms with Crippen molar-refractivity contribution in [1.82, 2.24) is 4.98 Å². The SMILES string of the molecule is Nc1ncccc1CC(=O)Cc1cccc(Br)c1. The summed E-state index contributed by atoms with van der Waals surface area (Å²) in [7, 11) is 0. The molecule has 2 rings (SSSR count). The van der Waals surface area contributed by atoms with Gasteiger partial charge in [0.15, 0.2) is 0 Å². The molecule has 0 aliphatic heterocycles. The van der Waals surface area contributed by atoms with Crippen LogP contribution in [0.2, 0.25) is 0 Å². The van der Waals surface area contributed by atoms with Crippen LogP contribution in [-0.2, 0) is 17.6 Å². The predicted molar refractivity (Wildman–Crippen MR) is 75.2 cm³/mol. The molecule has 2 aromatic rings. The maximum Gasteiger partial charge on any atom is 0.141 e. The van der Waals surface area contributed by atoms with Crippen LogP contribution in [0.4, 0.5) is 5.82 Å². The van der Waals surface area contributed by atoms with Gasteiger partial charge >= 0.3 is 0 Å². The van der Waals surface area contributed by atoms with Gasteiger partial charge in [0, 0.05) is 29.1 Å². The van der Waals surface area contributed by atoms with Crippen molar-refractivity contribution in [2.24, 2.45) is 0 Å². The number of benzene rings is 1. The lowest BCUT2D eigenvalue weighted by Gasteiger charge is -2.04. The number of hydrogen-bond donors (Lipinski definition) is 1. The first kappa shape index (κ1) is 12.8. The van der Waals surface area contributed by atoms with Crippen molar-refractivity contribution in [2.45, 2.75) is 12.8 Å². The third-order valence-electron chi connectivity index (χ3n) is 2.60. The first-order valence-electron chi connectivity index (χ1n) is 5.60. The smallest absolute Gasteiger partial charge is 0.141 e. The molecule has 0 amide bonds. The zero-order valence-electron chi connectivity index (χ0n) is 9.77. The number of halogens is 1. The molecule has 0 saturated heterocycles. The normalized spacial score (nSPS) is 10.3. The van der Waals surface area contributed by atoms with Gasteiger partial charge in [0.25, 0.3) is 0 Å². The van der Waals surface area contributed by atoms with Crippen LogP contribution in [0, 0.1) is 0 Å². The van der Waals surface area contributed by atoms with Crippen molar-refractivity contribution in [3.05, 3.63) is 58.2 Å². The van der Waals surface area contributed by atoms with E-state index in [1.54, 1.807) is 12.3 Å². The predicted octanol–water partition coefficient (Wildman–Crippen LogP) is 2.78. The summed E-state index contributed by atoms with van der Waals surface area (Å²) in [5.41, 5.74) is 7.50. The Labute approximate surface area is 114 Å². The van der Waals surface area contributed by atoms with Gasteiger partial charge in [0.05, 0.1) is 0 Å². The molecule has 0 aliphatic carbocycles. The lowest BCUT2D eigenvalue weighted by molar-refractivity contribution is -0.117. The topological polar surface area (TPSA) is 56.0 Å². The van der Waals surface area contributed by atoms with E-state index in [1.165, 1.54) is 0 Å². The van der Waals surface area contributed by atoms with Crippen LogP contribution in [0.25, 0.3) is 0 Å². The first-order chi connectivity index (χ1) is 8.65. The van der Waals surface area contributed by atoms with Crippen molar-refractivity contribution in [3.63, 3.8) is 0 Å². The number of aromatic nitrogens is 1. The molecule has 0 atom stereocenters. The second kappa shape index (κ2) is 5.78. The van der Waals surface area contributed by atoms with Gasteiger partial charge in [-0.15, -0.1) is 0 Å². The molecule has 3 nitrogen and oxygen atoms in total. The molecule has 0 radical (unpaired) electrons. The maximum absolute atomic E-state index is 11.9. The molecular formula is C14H13BrN2O. The fourth-order valence-corrected chi connectivity index (χ4v) is 2.20. The summed E-state index contributed by atoms with van der Waals surface area (Å²) >= 11 is 3.39. The number of anilines is 1. The van der Waals surface area contributed by atoms with Gasteiger partial charge in [0.1, 0.15) is 11.6 Å². The van der Waals surface area contributed by atoms with Crippen LogP contribution >= 0.6 is 15.9 Å². The van der Waals surface area contributed by atoms with Crippen LogP contribution in [0.15, 0.2) is 47.1 Å². The lowest BCUT2D eigenvalue weighted by atomic mass is 10.0. The molecule has 1 aromatic carbocycles. The molecule has 92 valence electrons. The van der Waals surface area contributed by atoms with Crippen molar-refractivity contribution < 1.29 is 4.79 Å². The van der Waals surface area contributed by atoms with E-state index in [0.717, 1.165) is 15.6 Å². The average Bonchev–Trinajstić information content (AvgIpc) is 2.32. The summed E-state index contributed by atoms with van der Waals surface area (Å²) in [5, 5.41) is 0. The Hall–Kier alpha value is -1.68. The molecule has 0 fully saturated rings. The maximum atomic E-state index is 11.9. The van der Waals surface area contributed by atoms with E-state index in [1.807, 2.05) is 30.3 Å². The van der Waals surface area contributed by atoms with Gasteiger partial charge in [-0.25, -0.2) is 4.98 Å². The van der Waals surface area contributed by atoms with E-state index in [0.29, 0.717) is 18.7 Å². The number of rotatable bonds is 4. The van der Waals surface area contributed by atoms with Gasteiger partial charge in [0.2, 0.25) is 0 Å². The molecule has 0 bridgehead atoms. The second-order valence-electron chi connectivity index (χ2n) is 4.07. The molecule has 0 spiro atoms. The Morgan fingerprint density at radius 3 is 2.78 bits per heavy atom. The number of nitrogens with zero attached hydrogens (tertiary/aromatic N) is 1. The highest BCUT2D eigenvalue weighted by atomic mass is 79.9. The lowest BCUT2D eigenvalue weighted by Crippen LogP contribution is -2.09. The number of carbonyl (C=O) groups is 1. The van der Waals surface area contributed by atoms with E-state index in [2.05, 4.69) is 20.9 Å². The quantitative estimate of drug-likeness (QED) is 0.945. The van der Waals surface area contributed by atoms with E-state index >= 15 is 0 Å². The largest absolute Gasteiger partial charge is 0.383 e. The van der Waals surface area contributed by atoms with Crippen LogP contribution in [0.3, 0.4) is 0 Å². The van der Waals surface area contributed by atoms with Gasteiger partial charge in [-0.2, -0.15) is 0 Å². The fraction of sp³-hybridized carbons (Fsp3) is 0.143. The summed E-state index contributed by atoms with van der Waals surface area (Å²) in [4.78, 5) is 15.9. The van der Waals surface area contributed by atoms with Gasteiger partial charge in [-0.1, -0.05) is 34.1 Å². The molecule has 2 N–H and O–H groups in total. The van der Waals surface area contributed by atoms with Gasteiger partial charge in [-0.3, -0.25) is 4.79 Å². The highest BCUT2D eigenvalue weighted by Gasteiger charge is 2.08. The number of pyridine rings is 1. The number of ketones is 1. The van der Waals surface area contributed by atoms with E-state index < -0.39 is 0 Å². The Kier molecular flexibility index (Phi) is 4.10. The number of Topliss-reactive ketones (excluding diaryl/α,β-unsaturated/α-hetero) is 1. The molecule has 4 heteroatoms. The minimum Gasteiger partial charge on any atom is -0.383 e. The second-order valence-corrected chi connectivity index (χ2v) is 4.99. The van der Waals surface area contributed by atoms with E-state index in [-0.39, 0.29) is 5.78 Å². The van der Waals surface area contributed by atoms with Crippen molar-refractivity contribution >= 4 is 27.5 Å². The first-order valence-corrected chi connectivity index (χ1v) is 6.40. The number of carbonyl (C=O) groups excluding carboxylic acids is 1. The van der Waals surface area contributed by atoms with Gasteiger partial charge in [-0.05, 0) is 23.8 Å². The highest BCUT2D eigenvalue weighted by Crippen LogP contribution is 2.14. The van der Waals surface area contributed by atoms with Crippen LogP contribution < -0.4 is 5.73 Å². The highest BCUT2D eigenvalue weighted by molar-refractivity contribution is 9.10. The van der Waals surface area contributed by atoms with E-state index in [4.69, 9.17) is 5.73 Å². The van der Waals surface area contributed by atoms with Crippen molar-refractivity contribution in [3.8, 4) is 0 Å². The Morgan fingerprint density at radius 2 is 2.06 bits per heavy atom. The van der Waals surface area contributed by atoms with Crippen LogP contribution in [0.5, 0.6) is 0 Å². The summed E-state index contributed by atoms with van der Waals surface area (Å²) in [6.45, 7) is 0. The fourth-order valence-electron chi connectivity index (χ4n) is 1.75. The van der Waals surface area contributed by atoms with Crippen molar-refractivity contribution in [1.29, 1.82) is 0 Å². The average molecular weight is 305 g/mol. The molecule has 1 aromatic heterocycles. The molecule has 18 heavy (non-hydrogen) atoms. The molecule has 1 heterocycles. The zero-order chi connectivity index (χ0) is 13.0. The number of nitrogen functional groups attached to an aromatic ring is 1. The summed E-state index contributed by atoms with van der Waals surface area (Å²) in [6.07, 6.45) is 2.36. The number of hydrogen-bond acceptors (Lipinski definition) is 3. The minimum absolute atomic E-state index is 0.132. The third-order valence-corrected chi connectivity index (χ3v) is 3.10. The summed E-state index contributed by atoms with van der Waals surface area (Å²) in [5.74, 6) is 0.563. The molecule has 0 unspecified atom stereocenters. The molecule has 0 saturated carbocycles. The van der Waals surface area contributed by atoms with Gasteiger partial charge < -0.3 is 5.73 Å². The zero-order valence-corrected chi connectivity index (χ0v) is 11.4. The van der Waals surface area contributed by atoms with Crippen LogP contribution in [-0.4, -0.2) is 10.8 Å². The Bertz CT molecular complexity index is 569. The number of nitrogens with two attached hydrogens (primary N) is 1. The third kappa shape index (κ3) is 3.40. The van der Waals surface area contributed by atoms with Crippen molar-refractivity contribution in [2.75, 3.05) is 5.73 Å². The molecule has 0 aliphatic rings. The minimum atomic E-state index is 0.132. The monoisotopic (exact) mass is 304 g/mol. The summed E-state index contributed by atoms with van der Waals surface area (Å²) in [6, 6.07) is 11.4. The standard InChI is InChI=1S/C14H13BrN2O/c15-12-5-1-3-10(7-12)8-13(18)9-11-4-2-6-17-14(11)16/h1-7H,8-9H2,(H2,16,17). The van der Waals surface area contributed by atoms with E-state index in [9.17, 15) is 4.79 Å². The van der Waals surface area contributed by atoms with Crippen LogP contribution in [0.1, 0.15) is 11.1 Å².